The van der Waals surface area contributed by atoms with Gasteiger partial charge in [0, 0.05) is 16.4 Å². The number of esters is 1. The zero-order valence-corrected chi connectivity index (χ0v) is 16.3. The second-order valence-electron chi connectivity index (χ2n) is 6.07. The van der Waals surface area contributed by atoms with Crippen LogP contribution in [0.5, 0.6) is 0 Å². The summed E-state index contributed by atoms with van der Waals surface area (Å²) in [5, 5.41) is 0. The van der Waals surface area contributed by atoms with E-state index in [0.29, 0.717) is 5.69 Å². The van der Waals surface area contributed by atoms with Crippen molar-refractivity contribution in [1.29, 1.82) is 0 Å². The maximum absolute atomic E-state index is 13.2. The monoisotopic (exact) mass is 439 g/mol. The summed E-state index contributed by atoms with van der Waals surface area (Å²) in [6.07, 6.45) is 1.44. The number of fused-ring (bicyclic) bond motifs is 2. The topological polar surface area (TPSA) is 104 Å². The van der Waals surface area contributed by atoms with Crippen molar-refractivity contribution in [2.24, 2.45) is 0 Å². The van der Waals surface area contributed by atoms with Crippen LogP contribution in [0.3, 0.4) is 0 Å². The molecule has 1 aromatic carbocycles. The Morgan fingerprint density at radius 1 is 1.18 bits per heavy atom. The zero-order valence-electron chi connectivity index (χ0n) is 14.7. The summed E-state index contributed by atoms with van der Waals surface area (Å²) >= 11 is 3.36. The third kappa shape index (κ3) is 2.56. The number of rotatable bonds is 3. The molecule has 28 heavy (non-hydrogen) atoms. The van der Waals surface area contributed by atoms with Crippen molar-refractivity contribution in [2.75, 3.05) is 12.3 Å². The molecule has 2 heterocycles. The van der Waals surface area contributed by atoms with Crippen LogP contribution in [0.25, 0.3) is 5.69 Å². The lowest BCUT2D eigenvalue weighted by atomic mass is 9.89. The molecule has 2 aromatic heterocycles. The van der Waals surface area contributed by atoms with Gasteiger partial charge in [-0.15, -0.1) is 0 Å². The van der Waals surface area contributed by atoms with Crippen LogP contribution in [-0.4, -0.2) is 33.7 Å². The van der Waals surface area contributed by atoms with Crippen LogP contribution in [0.2, 0.25) is 0 Å². The summed E-state index contributed by atoms with van der Waals surface area (Å²) in [6, 6.07) is 10.1. The summed E-state index contributed by atoms with van der Waals surface area (Å²) < 4.78 is 7.33. The Morgan fingerprint density at radius 3 is 2.57 bits per heavy atom. The Labute approximate surface area is 168 Å². The van der Waals surface area contributed by atoms with Crippen LogP contribution in [0, 0.1) is 0 Å². The van der Waals surface area contributed by atoms with E-state index in [2.05, 4.69) is 20.9 Å². The number of carbonyl (C=O) groups excluding carboxylic acids is 3. The maximum atomic E-state index is 13.2. The molecule has 0 atom stereocenters. The van der Waals surface area contributed by atoms with Gasteiger partial charge in [-0.05, 0) is 43.3 Å². The number of aromatic nitrogens is 2. The molecule has 0 unspecified atom stereocenters. The molecule has 4 rings (SSSR count). The lowest BCUT2D eigenvalue weighted by Crippen LogP contribution is -2.25. The van der Waals surface area contributed by atoms with Gasteiger partial charge in [-0.2, -0.15) is 0 Å². The van der Waals surface area contributed by atoms with Gasteiger partial charge in [-0.3, -0.25) is 19.1 Å². The fourth-order valence-corrected chi connectivity index (χ4v) is 3.58. The molecule has 140 valence electrons. The second kappa shape index (κ2) is 6.72. The van der Waals surface area contributed by atoms with E-state index < -0.39 is 17.5 Å². The molecule has 0 aliphatic heterocycles. The predicted molar refractivity (Wildman–Crippen MR) is 105 cm³/mol. The molecule has 0 bridgehead atoms. The van der Waals surface area contributed by atoms with Crippen LogP contribution in [0.15, 0.2) is 47.1 Å². The Kier molecular flexibility index (Phi) is 4.35. The van der Waals surface area contributed by atoms with E-state index >= 15 is 0 Å². The number of hydrogen-bond donors (Lipinski definition) is 1. The minimum absolute atomic E-state index is 0.0130. The number of nitrogens with two attached hydrogens (primary N) is 1. The maximum Gasteiger partial charge on any atom is 0.342 e. The first kappa shape index (κ1) is 18.1. The lowest BCUT2D eigenvalue weighted by Gasteiger charge is -2.16. The first-order valence-corrected chi connectivity index (χ1v) is 9.26. The Balaban J connectivity index is 2.07. The van der Waals surface area contributed by atoms with Crippen molar-refractivity contribution in [1.82, 2.24) is 9.55 Å². The summed E-state index contributed by atoms with van der Waals surface area (Å²) in [5.41, 5.74) is 6.83. The van der Waals surface area contributed by atoms with Gasteiger partial charge in [0.25, 0.3) is 0 Å². The van der Waals surface area contributed by atoms with Gasteiger partial charge >= 0.3 is 5.97 Å². The fourth-order valence-electron chi connectivity index (χ4n) is 3.31. The Morgan fingerprint density at radius 2 is 1.89 bits per heavy atom. The van der Waals surface area contributed by atoms with Gasteiger partial charge in [0.2, 0.25) is 5.78 Å². The largest absolute Gasteiger partial charge is 0.462 e. The SMILES string of the molecule is CCOC(=O)c1c2c(n(-c3ccc(Br)cc3)c1N)C(=O)c1ncccc1C2=O. The highest BCUT2D eigenvalue weighted by atomic mass is 79.9. The summed E-state index contributed by atoms with van der Waals surface area (Å²) in [6.45, 7) is 1.76. The third-order valence-corrected chi connectivity index (χ3v) is 5.01. The quantitative estimate of drug-likeness (QED) is 0.491. The number of nitrogens with zero attached hydrogens (tertiary/aromatic N) is 2. The van der Waals surface area contributed by atoms with Crippen LogP contribution in [-0.2, 0) is 4.74 Å². The number of carbonyl (C=O) groups is 3. The standard InChI is InChI=1S/C20H14BrN3O4/c1-2-28-20(27)14-13-16(18(26)15-12(17(13)25)4-3-9-23-15)24(19(14)22)11-7-5-10(21)6-8-11/h3-9H,2,22H2,1H3. The molecule has 3 aromatic rings. The second-order valence-corrected chi connectivity index (χ2v) is 6.99. The number of halogens is 1. The number of benzene rings is 1. The van der Waals surface area contributed by atoms with Crippen LogP contribution < -0.4 is 5.73 Å². The first-order valence-electron chi connectivity index (χ1n) is 8.47. The fraction of sp³-hybridized carbons (Fsp3) is 0.100. The number of ketones is 2. The van der Waals surface area contributed by atoms with E-state index in [9.17, 15) is 14.4 Å². The molecule has 8 heteroatoms. The molecule has 1 aliphatic carbocycles. The number of ether oxygens (including phenoxy) is 1. The smallest absolute Gasteiger partial charge is 0.342 e. The Hall–Kier alpha value is -3.26. The highest BCUT2D eigenvalue weighted by molar-refractivity contribution is 9.10. The van der Waals surface area contributed by atoms with Gasteiger partial charge in [0.1, 0.15) is 22.8 Å². The number of nitrogen functional groups attached to an aromatic ring is 1. The van der Waals surface area contributed by atoms with Gasteiger partial charge in [0.05, 0.1) is 17.7 Å². The van der Waals surface area contributed by atoms with Crippen molar-refractivity contribution in [3.63, 3.8) is 0 Å². The third-order valence-electron chi connectivity index (χ3n) is 4.48. The van der Waals surface area contributed by atoms with Crippen molar-refractivity contribution in [3.05, 3.63) is 75.1 Å². The van der Waals surface area contributed by atoms with E-state index in [-0.39, 0.29) is 40.5 Å². The van der Waals surface area contributed by atoms with E-state index in [1.54, 1.807) is 37.3 Å². The van der Waals surface area contributed by atoms with E-state index in [4.69, 9.17) is 10.5 Å². The predicted octanol–water partition coefficient (Wildman–Crippen LogP) is 3.17. The highest BCUT2D eigenvalue weighted by Gasteiger charge is 2.41. The molecule has 0 fully saturated rings. The van der Waals surface area contributed by atoms with Crippen molar-refractivity contribution in [3.8, 4) is 5.69 Å². The normalized spacial score (nSPS) is 12.5. The first-order chi connectivity index (χ1) is 13.5. The molecule has 0 radical (unpaired) electrons. The molecule has 0 saturated carbocycles. The highest BCUT2D eigenvalue weighted by Crippen LogP contribution is 2.36. The molecular formula is C20H14BrN3O4. The molecule has 0 saturated heterocycles. The van der Waals surface area contributed by atoms with Gasteiger partial charge in [0.15, 0.2) is 5.78 Å². The average Bonchev–Trinajstić information content (AvgIpc) is 3.00. The van der Waals surface area contributed by atoms with E-state index in [0.717, 1.165) is 4.47 Å². The lowest BCUT2D eigenvalue weighted by molar-refractivity contribution is 0.0525. The van der Waals surface area contributed by atoms with Gasteiger partial charge in [-0.1, -0.05) is 15.9 Å². The van der Waals surface area contributed by atoms with E-state index in [1.807, 2.05) is 0 Å². The number of anilines is 1. The van der Waals surface area contributed by atoms with Crippen molar-refractivity contribution < 1.29 is 19.1 Å². The average molecular weight is 440 g/mol. The number of pyridine rings is 1. The number of hydrogen-bond acceptors (Lipinski definition) is 6. The minimum Gasteiger partial charge on any atom is -0.462 e. The van der Waals surface area contributed by atoms with Crippen molar-refractivity contribution in [2.45, 2.75) is 6.92 Å². The summed E-state index contributed by atoms with van der Waals surface area (Å²) in [4.78, 5) is 43.0. The summed E-state index contributed by atoms with van der Waals surface area (Å²) in [5.74, 6) is -1.74. The van der Waals surface area contributed by atoms with Gasteiger partial charge in [-0.25, -0.2) is 4.79 Å². The molecule has 2 N–H and O–H groups in total. The molecule has 1 aliphatic rings. The van der Waals surface area contributed by atoms with Crippen LogP contribution in [0.4, 0.5) is 5.82 Å². The minimum atomic E-state index is -0.749. The van der Waals surface area contributed by atoms with Crippen molar-refractivity contribution >= 4 is 39.3 Å². The molecule has 7 nitrogen and oxygen atoms in total. The van der Waals surface area contributed by atoms with Crippen LogP contribution in [0.1, 0.15) is 49.4 Å². The molecule has 0 amide bonds. The zero-order chi connectivity index (χ0) is 20.0. The molecule has 0 spiro atoms. The summed E-state index contributed by atoms with van der Waals surface area (Å²) in [7, 11) is 0. The van der Waals surface area contributed by atoms with Crippen LogP contribution >= 0.6 is 15.9 Å². The Bertz CT molecular complexity index is 1150. The van der Waals surface area contributed by atoms with E-state index in [1.165, 1.54) is 16.8 Å². The van der Waals surface area contributed by atoms with Gasteiger partial charge < -0.3 is 10.5 Å². The molecular weight excluding hydrogens is 426 g/mol.